The monoisotopic (exact) mass is 416 g/mol. The first-order valence-corrected chi connectivity index (χ1v) is 9.86. The number of ether oxygens (including phenoxy) is 1. The Morgan fingerprint density at radius 2 is 2.21 bits per heavy atom. The SMILES string of the molecule is COc1cc2c(cc1Cl)N=C1CC(c3ccccn3)N(NC(C)=O)C(=O)C1S2. The molecule has 0 aliphatic carbocycles. The molecule has 1 saturated heterocycles. The van der Waals surface area contributed by atoms with Gasteiger partial charge in [0.15, 0.2) is 0 Å². The van der Waals surface area contributed by atoms with Crippen LogP contribution in [0.4, 0.5) is 5.69 Å². The van der Waals surface area contributed by atoms with Crippen molar-refractivity contribution in [1.82, 2.24) is 15.4 Å². The number of halogens is 1. The summed E-state index contributed by atoms with van der Waals surface area (Å²) < 4.78 is 5.27. The standard InChI is InChI=1S/C19H17ClN4O3S/c1-10(25)23-24-15(12-5-3-4-6-21-12)8-14-18(19(24)26)28-17-9-16(27-2)11(20)7-13(17)22-14/h3-7,9,15,18H,8H2,1-2H3,(H,23,25). The van der Waals surface area contributed by atoms with Crippen molar-refractivity contribution in [3.63, 3.8) is 0 Å². The van der Waals surface area contributed by atoms with Gasteiger partial charge in [0.25, 0.3) is 5.91 Å². The highest BCUT2D eigenvalue weighted by atomic mass is 35.5. The Morgan fingerprint density at radius 3 is 2.89 bits per heavy atom. The third-order valence-electron chi connectivity index (χ3n) is 4.53. The van der Waals surface area contributed by atoms with Crippen LogP contribution in [0.5, 0.6) is 5.75 Å². The molecule has 4 rings (SSSR count). The van der Waals surface area contributed by atoms with Crippen molar-refractivity contribution in [3.05, 3.63) is 47.2 Å². The molecule has 2 aromatic rings. The molecule has 0 spiro atoms. The van der Waals surface area contributed by atoms with Crippen molar-refractivity contribution in [2.75, 3.05) is 7.11 Å². The lowest BCUT2D eigenvalue weighted by atomic mass is 9.97. The second-order valence-electron chi connectivity index (χ2n) is 6.41. The largest absolute Gasteiger partial charge is 0.495 e. The van der Waals surface area contributed by atoms with Gasteiger partial charge >= 0.3 is 0 Å². The second-order valence-corrected chi connectivity index (χ2v) is 7.96. The number of aromatic nitrogens is 1. The summed E-state index contributed by atoms with van der Waals surface area (Å²) in [6.07, 6.45) is 2.13. The van der Waals surface area contributed by atoms with Gasteiger partial charge in [-0.3, -0.25) is 25.0 Å². The van der Waals surface area contributed by atoms with E-state index in [9.17, 15) is 9.59 Å². The molecule has 0 radical (unpaired) electrons. The zero-order valence-corrected chi connectivity index (χ0v) is 16.8. The molecule has 28 heavy (non-hydrogen) atoms. The zero-order chi connectivity index (χ0) is 19.8. The molecule has 2 aliphatic rings. The maximum Gasteiger partial charge on any atom is 0.260 e. The number of hydrazine groups is 1. The van der Waals surface area contributed by atoms with Crippen LogP contribution < -0.4 is 10.2 Å². The number of benzene rings is 1. The number of thioether (sulfide) groups is 1. The predicted molar refractivity (Wildman–Crippen MR) is 107 cm³/mol. The number of hydrogen-bond donors (Lipinski definition) is 1. The van der Waals surface area contributed by atoms with Crippen molar-refractivity contribution in [2.45, 2.75) is 29.5 Å². The second kappa shape index (κ2) is 7.44. The van der Waals surface area contributed by atoms with Crippen LogP contribution in [-0.2, 0) is 9.59 Å². The Hall–Kier alpha value is -2.58. The number of hydrogen-bond acceptors (Lipinski definition) is 6. The summed E-state index contributed by atoms with van der Waals surface area (Å²) in [5.41, 5.74) is 4.80. The summed E-state index contributed by atoms with van der Waals surface area (Å²) >= 11 is 7.62. The number of fused-ring (bicyclic) bond motifs is 2. The van der Waals surface area contributed by atoms with Gasteiger partial charge < -0.3 is 4.74 Å². The van der Waals surface area contributed by atoms with Crippen LogP contribution >= 0.6 is 23.4 Å². The predicted octanol–water partition coefficient (Wildman–Crippen LogP) is 3.32. The summed E-state index contributed by atoms with van der Waals surface area (Å²) in [6, 6.07) is 8.58. The summed E-state index contributed by atoms with van der Waals surface area (Å²) in [5, 5.41) is 1.32. The average molecular weight is 417 g/mol. The summed E-state index contributed by atoms with van der Waals surface area (Å²) in [6.45, 7) is 1.38. The smallest absolute Gasteiger partial charge is 0.260 e. The lowest BCUT2D eigenvalue weighted by Crippen LogP contribution is -2.57. The third-order valence-corrected chi connectivity index (χ3v) is 6.11. The molecule has 1 fully saturated rings. The molecular weight excluding hydrogens is 400 g/mol. The molecule has 0 bridgehead atoms. The van der Waals surface area contributed by atoms with Crippen molar-refractivity contribution in [3.8, 4) is 5.75 Å². The molecule has 1 N–H and O–H groups in total. The van der Waals surface area contributed by atoms with Gasteiger partial charge in [-0.25, -0.2) is 5.01 Å². The van der Waals surface area contributed by atoms with E-state index in [1.54, 1.807) is 24.4 Å². The van der Waals surface area contributed by atoms with Crippen molar-refractivity contribution in [1.29, 1.82) is 0 Å². The average Bonchev–Trinajstić information content (AvgIpc) is 2.69. The Bertz CT molecular complexity index is 983. The van der Waals surface area contributed by atoms with Gasteiger partial charge in [-0.15, -0.1) is 11.8 Å². The number of piperidine rings is 1. The number of nitrogens with zero attached hydrogens (tertiary/aromatic N) is 3. The van der Waals surface area contributed by atoms with Crippen LogP contribution in [-0.4, -0.2) is 39.9 Å². The van der Waals surface area contributed by atoms with E-state index in [-0.39, 0.29) is 11.8 Å². The quantitative estimate of drug-likeness (QED) is 0.829. The summed E-state index contributed by atoms with van der Waals surface area (Å²) in [4.78, 5) is 34.8. The van der Waals surface area contributed by atoms with Gasteiger partial charge in [-0.2, -0.15) is 0 Å². The maximum absolute atomic E-state index is 13.2. The number of carbonyl (C=O) groups excluding carboxylic acids is 2. The number of nitrogens with one attached hydrogen (secondary N) is 1. The van der Waals surface area contributed by atoms with Gasteiger partial charge in [0.2, 0.25) is 5.91 Å². The normalized spacial score (nSPS) is 20.8. The van der Waals surface area contributed by atoms with Crippen LogP contribution in [0.25, 0.3) is 0 Å². The molecule has 3 heterocycles. The molecule has 2 aliphatic heterocycles. The van der Waals surface area contributed by atoms with Gasteiger partial charge in [0, 0.05) is 30.1 Å². The molecule has 7 nitrogen and oxygen atoms in total. The lowest BCUT2D eigenvalue weighted by molar-refractivity contribution is -0.143. The van der Waals surface area contributed by atoms with E-state index < -0.39 is 11.3 Å². The van der Waals surface area contributed by atoms with Crippen LogP contribution in [0, 0.1) is 0 Å². The van der Waals surface area contributed by atoms with Crippen LogP contribution in [0.15, 0.2) is 46.4 Å². The highest BCUT2D eigenvalue weighted by Gasteiger charge is 2.44. The van der Waals surface area contributed by atoms with Crippen molar-refractivity contribution < 1.29 is 14.3 Å². The number of rotatable bonds is 3. The third kappa shape index (κ3) is 3.33. The van der Waals surface area contributed by atoms with Gasteiger partial charge in [-0.1, -0.05) is 17.7 Å². The number of aliphatic imine (C=N–C) groups is 1. The maximum atomic E-state index is 13.2. The highest BCUT2D eigenvalue weighted by molar-refractivity contribution is 8.01. The molecule has 2 atom stereocenters. The zero-order valence-electron chi connectivity index (χ0n) is 15.2. The van der Waals surface area contributed by atoms with Gasteiger partial charge in [-0.05, 0) is 24.3 Å². The summed E-state index contributed by atoms with van der Waals surface area (Å²) in [7, 11) is 1.54. The number of pyridine rings is 1. The van der Waals surface area contributed by atoms with Gasteiger partial charge in [0.1, 0.15) is 17.0 Å². The molecule has 9 heteroatoms. The molecule has 2 amide bonds. The van der Waals surface area contributed by atoms with E-state index >= 15 is 0 Å². The minimum atomic E-state index is -0.523. The van der Waals surface area contributed by atoms with E-state index in [0.29, 0.717) is 28.6 Å². The Balaban J connectivity index is 1.76. The van der Waals surface area contributed by atoms with Crippen molar-refractivity contribution >= 4 is 46.6 Å². The first kappa shape index (κ1) is 18.8. The van der Waals surface area contributed by atoms with E-state index in [2.05, 4.69) is 10.4 Å². The Kier molecular flexibility index (Phi) is 4.99. The van der Waals surface area contributed by atoms with E-state index in [1.165, 1.54) is 30.8 Å². The van der Waals surface area contributed by atoms with Crippen LogP contribution in [0.2, 0.25) is 5.02 Å². The van der Waals surface area contributed by atoms with Crippen LogP contribution in [0.3, 0.4) is 0 Å². The Labute approximate surface area is 171 Å². The Morgan fingerprint density at radius 1 is 1.39 bits per heavy atom. The summed E-state index contributed by atoms with van der Waals surface area (Å²) in [5.74, 6) is -0.0235. The molecule has 0 saturated carbocycles. The molecular formula is C19H17ClN4O3S. The topological polar surface area (TPSA) is 83.9 Å². The number of amides is 2. The molecule has 144 valence electrons. The first-order chi connectivity index (χ1) is 13.5. The van der Waals surface area contributed by atoms with Crippen molar-refractivity contribution in [2.24, 2.45) is 4.99 Å². The molecule has 2 unspecified atom stereocenters. The molecule has 1 aromatic carbocycles. The van der Waals surface area contributed by atoms with Gasteiger partial charge in [0.05, 0.1) is 23.5 Å². The minimum Gasteiger partial charge on any atom is -0.495 e. The van der Waals surface area contributed by atoms with E-state index in [4.69, 9.17) is 21.3 Å². The van der Waals surface area contributed by atoms with E-state index in [1.807, 2.05) is 12.1 Å². The number of carbonyl (C=O) groups is 2. The fourth-order valence-electron chi connectivity index (χ4n) is 3.30. The first-order valence-electron chi connectivity index (χ1n) is 8.61. The van der Waals surface area contributed by atoms with E-state index in [0.717, 1.165) is 10.6 Å². The number of methoxy groups -OCH3 is 1. The fraction of sp³-hybridized carbons (Fsp3) is 0.263. The highest BCUT2D eigenvalue weighted by Crippen LogP contribution is 2.46. The molecule has 1 aromatic heterocycles. The lowest BCUT2D eigenvalue weighted by Gasteiger charge is -2.40. The minimum absolute atomic E-state index is 0.236. The fourth-order valence-corrected chi connectivity index (χ4v) is 4.69. The van der Waals surface area contributed by atoms with Crippen LogP contribution in [0.1, 0.15) is 25.1 Å².